The molecule has 134 valence electrons. The van der Waals surface area contributed by atoms with E-state index in [0.717, 1.165) is 16.6 Å². The van der Waals surface area contributed by atoms with Gasteiger partial charge in [-0.3, -0.25) is 4.79 Å². The van der Waals surface area contributed by atoms with Crippen molar-refractivity contribution >= 4 is 22.4 Å². The fourth-order valence-electron chi connectivity index (χ4n) is 3.05. The summed E-state index contributed by atoms with van der Waals surface area (Å²) < 4.78 is 5.27. The summed E-state index contributed by atoms with van der Waals surface area (Å²) in [7, 11) is 1.61. The number of aromatic amines is 1. The fourth-order valence-corrected chi connectivity index (χ4v) is 3.05. The highest BCUT2D eigenvalue weighted by Crippen LogP contribution is 2.27. The summed E-state index contributed by atoms with van der Waals surface area (Å²) in [5.74, 6) is 0.619. The van der Waals surface area contributed by atoms with Gasteiger partial charge in [0.15, 0.2) is 5.78 Å². The maximum atomic E-state index is 13.4. The Morgan fingerprint density at radius 2 is 2.00 bits per heavy atom. The van der Waals surface area contributed by atoms with Gasteiger partial charge in [-0.25, -0.2) is 0 Å². The Morgan fingerprint density at radius 1 is 1.11 bits per heavy atom. The smallest absolute Gasteiger partial charge is 0.193 e. The van der Waals surface area contributed by atoms with Crippen LogP contribution >= 0.6 is 0 Å². The molecule has 0 radical (unpaired) electrons. The molecule has 2 aromatic carbocycles. The lowest BCUT2D eigenvalue weighted by molar-refractivity contribution is 0.0969. The number of nitrogens with one attached hydrogen (secondary N) is 2. The van der Waals surface area contributed by atoms with Crippen molar-refractivity contribution in [3.05, 3.63) is 84.3 Å². The van der Waals surface area contributed by atoms with Crippen LogP contribution in [-0.4, -0.2) is 28.1 Å². The molecule has 2 aromatic heterocycles. The quantitative estimate of drug-likeness (QED) is 0.509. The van der Waals surface area contributed by atoms with E-state index in [1.807, 2.05) is 48.5 Å². The number of carbonyl (C=O) groups is 1. The summed E-state index contributed by atoms with van der Waals surface area (Å²) in [5, 5.41) is 12.2. The van der Waals surface area contributed by atoms with Crippen molar-refractivity contribution in [3.8, 4) is 5.75 Å². The number of ether oxygens (including phenoxy) is 1. The van der Waals surface area contributed by atoms with E-state index in [9.17, 15) is 4.79 Å². The number of anilines is 1. The van der Waals surface area contributed by atoms with Crippen molar-refractivity contribution in [2.24, 2.45) is 0 Å². The van der Waals surface area contributed by atoms with Gasteiger partial charge in [-0.1, -0.05) is 24.3 Å². The highest BCUT2D eigenvalue weighted by molar-refractivity contribution is 6.11. The third-order valence-electron chi connectivity index (χ3n) is 4.39. The molecule has 0 aliphatic rings. The second kappa shape index (κ2) is 7.29. The van der Waals surface area contributed by atoms with Gasteiger partial charge in [0, 0.05) is 40.6 Å². The van der Waals surface area contributed by atoms with Crippen molar-refractivity contribution in [1.29, 1.82) is 0 Å². The summed E-state index contributed by atoms with van der Waals surface area (Å²) >= 11 is 0. The number of aromatic nitrogens is 3. The standard InChI is InChI=1S/C21H18N4O2/c1-27-15-7-4-6-14(12-15)24-20(19-10-5-11-23-25-19)21(26)17-13-22-18-9-3-2-8-16(17)18/h2-13,20,22,24H,1H3. The van der Waals surface area contributed by atoms with E-state index in [2.05, 4.69) is 20.5 Å². The first-order valence-electron chi connectivity index (χ1n) is 8.55. The molecule has 0 saturated carbocycles. The molecular weight excluding hydrogens is 340 g/mol. The molecule has 6 heteroatoms. The van der Waals surface area contributed by atoms with Crippen LogP contribution in [0.3, 0.4) is 0 Å². The SMILES string of the molecule is COc1cccc(NC(C(=O)c2c[nH]c3ccccc23)c2cccnn2)c1. The van der Waals surface area contributed by atoms with Crippen LogP contribution in [0.5, 0.6) is 5.75 Å². The Balaban J connectivity index is 1.74. The number of carbonyl (C=O) groups excluding carboxylic acids is 1. The van der Waals surface area contributed by atoms with Crippen LogP contribution in [-0.2, 0) is 0 Å². The van der Waals surface area contributed by atoms with Crippen LogP contribution < -0.4 is 10.1 Å². The van der Waals surface area contributed by atoms with Crippen LogP contribution in [0.2, 0.25) is 0 Å². The van der Waals surface area contributed by atoms with Crippen LogP contribution in [0.15, 0.2) is 73.1 Å². The van der Waals surface area contributed by atoms with Gasteiger partial charge in [0.2, 0.25) is 0 Å². The number of hydrogen-bond acceptors (Lipinski definition) is 5. The molecule has 0 spiro atoms. The molecule has 2 heterocycles. The van der Waals surface area contributed by atoms with Crippen LogP contribution in [0.1, 0.15) is 22.1 Å². The van der Waals surface area contributed by atoms with E-state index in [-0.39, 0.29) is 5.78 Å². The average Bonchev–Trinajstić information content (AvgIpc) is 3.16. The van der Waals surface area contributed by atoms with Gasteiger partial charge >= 0.3 is 0 Å². The minimum absolute atomic E-state index is 0.0873. The second-order valence-corrected chi connectivity index (χ2v) is 6.07. The second-order valence-electron chi connectivity index (χ2n) is 6.07. The molecule has 0 aliphatic carbocycles. The lowest BCUT2D eigenvalue weighted by Gasteiger charge is -2.18. The number of methoxy groups -OCH3 is 1. The largest absolute Gasteiger partial charge is 0.497 e. The Bertz CT molecular complexity index is 1080. The number of Topliss-reactive ketones (excluding diaryl/α,β-unsaturated/α-hetero) is 1. The molecule has 0 fully saturated rings. The van der Waals surface area contributed by atoms with E-state index in [0.29, 0.717) is 17.0 Å². The van der Waals surface area contributed by atoms with Crippen molar-refractivity contribution in [2.45, 2.75) is 6.04 Å². The third-order valence-corrected chi connectivity index (χ3v) is 4.39. The highest BCUT2D eigenvalue weighted by atomic mass is 16.5. The zero-order valence-electron chi connectivity index (χ0n) is 14.7. The molecule has 1 unspecified atom stereocenters. The molecule has 4 rings (SSSR count). The Kier molecular flexibility index (Phi) is 4.53. The van der Waals surface area contributed by atoms with Crippen LogP contribution in [0.4, 0.5) is 5.69 Å². The molecule has 2 N–H and O–H groups in total. The zero-order chi connectivity index (χ0) is 18.6. The Morgan fingerprint density at radius 3 is 2.81 bits per heavy atom. The minimum atomic E-state index is -0.676. The fraction of sp³-hybridized carbons (Fsp3) is 0.0952. The first-order chi connectivity index (χ1) is 13.3. The van der Waals surface area contributed by atoms with E-state index < -0.39 is 6.04 Å². The van der Waals surface area contributed by atoms with Crippen LogP contribution in [0.25, 0.3) is 10.9 Å². The number of ketones is 1. The van der Waals surface area contributed by atoms with Crippen molar-refractivity contribution < 1.29 is 9.53 Å². The number of benzene rings is 2. The number of hydrogen-bond donors (Lipinski definition) is 2. The van der Waals surface area contributed by atoms with E-state index in [4.69, 9.17) is 4.74 Å². The summed E-state index contributed by atoms with van der Waals surface area (Å²) in [6.45, 7) is 0. The van der Waals surface area contributed by atoms with Gasteiger partial charge in [-0.15, -0.1) is 0 Å². The molecule has 0 amide bonds. The molecule has 0 bridgehead atoms. The highest BCUT2D eigenvalue weighted by Gasteiger charge is 2.26. The van der Waals surface area contributed by atoms with E-state index in [1.54, 1.807) is 31.6 Å². The number of H-pyrrole nitrogens is 1. The molecule has 0 aliphatic heterocycles. The minimum Gasteiger partial charge on any atom is -0.497 e. The first-order valence-corrected chi connectivity index (χ1v) is 8.55. The molecule has 27 heavy (non-hydrogen) atoms. The van der Waals surface area contributed by atoms with Gasteiger partial charge in [0.1, 0.15) is 11.8 Å². The Hall–Kier alpha value is -3.67. The third kappa shape index (κ3) is 3.37. The molecule has 0 saturated heterocycles. The Labute approximate surface area is 156 Å². The molecular formula is C21H18N4O2. The maximum Gasteiger partial charge on any atom is 0.193 e. The lowest BCUT2D eigenvalue weighted by atomic mass is 10.00. The topological polar surface area (TPSA) is 79.9 Å². The van der Waals surface area contributed by atoms with Gasteiger partial charge in [0.05, 0.1) is 12.8 Å². The van der Waals surface area contributed by atoms with Gasteiger partial charge in [0.25, 0.3) is 0 Å². The predicted octanol–water partition coefficient (Wildman–Crippen LogP) is 4.00. The van der Waals surface area contributed by atoms with Gasteiger partial charge < -0.3 is 15.0 Å². The molecule has 4 aromatic rings. The number of fused-ring (bicyclic) bond motifs is 1. The number of nitrogens with zero attached hydrogens (tertiary/aromatic N) is 2. The van der Waals surface area contributed by atoms with Crippen molar-refractivity contribution in [3.63, 3.8) is 0 Å². The maximum absolute atomic E-state index is 13.4. The summed E-state index contributed by atoms with van der Waals surface area (Å²) in [6.07, 6.45) is 3.33. The summed E-state index contributed by atoms with van der Waals surface area (Å²) in [6, 6.07) is 18.0. The lowest BCUT2D eigenvalue weighted by Crippen LogP contribution is -2.22. The normalized spacial score (nSPS) is 11.9. The van der Waals surface area contributed by atoms with E-state index >= 15 is 0 Å². The summed E-state index contributed by atoms with van der Waals surface area (Å²) in [4.78, 5) is 16.6. The first kappa shape index (κ1) is 16.8. The van der Waals surface area contributed by atoms with Gasteiger partial charge in [-0.2, -0.15) is 10.2 Å². The predicted molar refractivity (Wildman–Crippen MR) is 104 cm³/mol. The zero-order valence-corrected chi connectivity index (χ0v) is 14.7. The van der Waals surface area contributed by atoms with Gasteiger partial charge in [-0.05, 0) is 30.3 Å². The van der Waals surface area contributed by atoms with E-state index in [1.165, 1.54) is 0 Å². The van der Waals surface area contributed by atoms with Crippen molar-refractivity contribution in [1.82, 2.24) is 15.2 Å². The van der Waals surface area contributed by atoms with Crippen molar-refractivity contribution in [2.75, 3.05) is 12.4 Å². The average molecular weight is 358 g/mol. The number of rotatable bonds is 6. The monoisotopic (exact) mass is 358 g/mol. The molecule has 6 nitrogen and oxygen atoms in total. The molecule has 1 atom stereocenters. The van der Waals surface area contributed by atoms with Crippen LogP contribution in [0, 0.1) is 0 Å². The summed E-state index contributed by atoms with van der Waals surface area (Å²) in [5.41, 5.74) is 2.84. The number of para-hydroxylation sites is 1.